The van der Waals surface area contributed by atoms with Crippen molar-refractivity contribution in [2.24, 2.45) is 5.92 Å². The number of amides is 1. The Bertz CT molecular complexity index is 572. The van der Waals surface area contributed by atoms with Crippen LogP contribution in [0.25, 0.3) is 0 Å². The molecular formula is C21H30N2O2. The summed E-state index contributed by atoms with van der Waals surface area (Å²) in [7, 11) is 0. The maximum atomic E-state index is 12.4. The van der Waals surface area contributed by atoms with Gasteiger partial charge in [-0.3, -0.25) is 9.69 Å². The zero-order chi connectivity index (χ0) is 17.1. The molecular weight excluding hydrogens is 312 g/mol. The number of fused-ring (bicyclic) bond motifs is 1. The summed E-state index contributed by atoms with van der Waals surface area (Å²) in [6.45, 7) is 2.25. The minimum atomic E-state index is 0.0778. The van der Waals surface area contributed by atoms with Crippen molar-refractivity contribution in [1.82, 2.24) is 10.2 Å². The molecule has 0 unspecified atom stereocenters. The van der Waals surface area contributed by atoms with Gasteiger partial charge in [-0.05, 0) is 49.8 Å². The molecule has 0 bridgehead atoms. The summed E-state index contributed by atoms with van der Waals surface area (Å²) in [5, 5.41) is 3.10. The van der Waals surface area contributed by atoms with Crippen LogP contribution in [0.3, 0.4) is 0 Å². The Labute approximate surface area is 150 Å². The van der Waals surface area contributed by atoms with Gasteiger partial charge in [0, 0.05) is 12.5 Å². The van der Waals surface area contributed by atoms with Crippen molar-refractivity contribution in [1.29, 1.82) is 0 Å². The smallest absolute Gasteiger partial charge is 0.234 e. The van der Waals surface area contributed by atoms with E-state index in [0.29, 0.717) is 19.1 Å². The summed E-state index contributed by atoms with van der Waals surface area (Å²) in [4.78, 5) is 14.9. The number of hydrogen-bond donors (Lipinski definition) is 1. The molecule has 136 valence electrons. The number of ether oxygens (including phenoxy) is 1. The summed E-state index contributed by atoms with van der Waals surface area (Å²) in [5.41, 5.74) is 1.25. The minimum absolute atomic E-state index is 0.0778. The molecule has 1 aromatic rings. The molecule has 4 rings (SSSR count). The maximum absolute atomic E-state index is 12.4. The standard InChI is InChI=1S/C21H30N2O2/c24-21(22-14-18-13-17-9-4-5-11-20(17)25-18)15-23-12-6-10-19(23)16-7-2-1-3-8-16/h4-5,9,11,16,18-19H,1-3,6-8,10,12-15H2,(H,22,24)/t18-,19-/m0/s1. The lowest BCUT2D eigenvalue weighted by Crippen LogP contribution is -2.45. The molecule has 4 nitrogen and oxygen atoms in total. The first-order chi connectivity index (χ1) is 12.3. The molecule has 3 aliphatic rings. The van der Waals surface area contributed by atoms with Crippen LogP contribution in [-0.4, -0.2) is 42.6 Å². The highest BCUT2D eigenvalue weighted by atomic mass is 16.5. The van der Waals surface area contributed by atoms with Gasteiger partial charge in [-0.1, -0.05) is 37.5 Å². The molecule has 4 heteroatoms. The maximum Gasteiger partial charge on any atom is 0.234 e. The highest BCUT2D eigenvalue weighted by molar-refractivity contribution is 5.78. The number of benzene rings is 1. The highest BCUT2D eigenvalue weighted by Gasteiger charge is 2.33. The predicted molar refractivity (Wildman–Crippen MR) is 98.7 cm³/mol. The van der Waals surface area contributed by atoms with Crippen LogP contribution < -0.4 is 10.1 Å². The van der Waals surface area contributed by atoms with Crippen LogP contribution in [0, 0.1) is 5.92 Å². The minimum Gasteiger partial charge on any atom is -0.488 e. The van der Waals surface area contributed by atoms with Crippen LogP contribution in [0.1, 0.15) is 50.5 Å². The zero-order valence-corrected chi connectivity index (χ0v) is 15.1. The fourth-order valence-electron chi connectivity index (χ4n) is 4.94. The highest BCUT2D eigenvalue weighted by Crippen LogP contribution is 2.34. The zero-order valence-electron chi connectivity index (χ0n) is 15.1. The van der Waals surface area contributed by atoms with Crippen LogP contribution in [0.5, 0.6) is 5.75 Å². The Morgan fingerprint density at radius 1 is 1.12 bits per heavy atom. The molecule has 1 saturated carbocycles. The number of carbonyl (C=O) groups is 1. The molecule has 2 aliphatic heterocycles. The van der Waals surface area contributed by atoms with E-state index in [4.69, 9.17) is 4.74 Å². The molecule has 0 radical (unpaired) electrons. The Balaban J connectivity index is 1.23. The topological polar surface area (TPSA) is 41.6 Å². The molecule has 1 N–H and O–H groups in total. The van der Waals surface area contributed by atoms with E-state index < -0.39 is 0 Å². The Morgan fingerprint density at radius 2 is 1.96 bits per heavy atom. The van der Waals surface area contributed by atoms with Gasteiger partial charge in [0.15, 0.2) is 0 Å². The lowest BCUT2D eigenvalue weighted by atomic mass is 9.83. The molecule has 0 spiro atoms. The van der Waals surface area contributed by atoms with Gasteiger partial charge in [0.2, 0.25) is 5.91 Å². The van der Waals surface area contributed by atoms with Crippen molar-refractivity contribution in [2.45, 2.75) is 63.5 Å². The Hall–Kier alpha value is -1.55. The summed E-state index contributed by atoms with van der Waals surface area (Å²) >= 11 is 0. The average Bonchev–Trinajstić information content (AvgIpc) is 3.27. The van der Waals surface area contributed by atoms with Gasteiger partial charge in [-0.2, -0.15) is 0 Å². The number of likely N-dealkylation sites (tertiary alicyclic amines) is 1. The fourth-order valence-corrected chi connectivity index (χ4v) is 4.94. The number of rotatable bonds is 5. The number of nitrogens with one attached hydrogen (secondary N) is 1. The molecule has 1 saturated heterocycles. The largest absolute Gasteiger partial charge is 0.488 e. The summed E-state index contributed by atoms with van der Waals surface area (Å²) in [6, 6.07) is 8.80. The van der Waals surface area contributed by atoms with E-state index in [1.807, 2.05) is 18.2 Å². The summed E-state index contributed by atoms with van der Waals surface area (Å²) in [5.74, 6) is 1.94. The fraction of sp³-hybridized carbons (Fsp3) is 0.667. The van der Waals surface area contributed by atoms with E-state index in [1.54, 1.807) is 0 Å². The first-order valence-corrected chi connectivity index (χ1v) is 10.0. The third-order valence-electron chi connectivity index (χ3n) is 6.20. The van der Waals surface area contributed by atoms with E-state index in [2.05, 4.69) is 16.3 Å². The average molecular weight is 342 g/mol. The lowest BCUT2D eigenvalue weighted by Gasteiger charge is -2.33. The van der Waals surface area contributed by atoms with Crippen molar-refractivity contribution >= 4 is 5.91 Å². The first-order valence-electron chi connectivity index (χ1n) is 10.0. The molecule has 25 heavy (non-hydrogen) atoms. The molecule has 1 aliphatic carbocycles. The van der Waals surface area contributed by atoms with Gasteiger partial charge < -0.3 is 10.1 Å². The summed E-state index contributed by atoms with van der Waals surface area (Å²) in [6.07, 6.45) is 10.4. The normalized spacial score (nSPS) is 27.0. The third kappa shape index (κ3) is 4.00. The van der Waals surface area contributed by atoms with Gasteiger partial charge in [0.25, 0.3) is 0 Å². The second kappa shape index (κ2) is 7.77. The van der Waals surface area contributed by atoms with Crippen LogP contribution in [0.15, 0.2) is 24.3 Å². The number of carbonyl (C=O) groups excluding carboxylic acids is 1. The van der Waals surface area contributed by atoms with Crippen LogP contribution in [0.4, 0.5) is 0 Å². The first kappa shape index (κ1) is 16.9. The van der Waals surface area contributed by atoms with Gasteiger partial charge in [0.05, 0.1) is 13.1 Å². The second-order valence-corrected chi connectivity index (χ2v) is 7.93. The molecule has 2 fully saturated rings. The van der Waals surface area contributed by atoms with Gasteiger partial charge >= 0.3 is 0 Å². The van der Waals surface area contributed by atoms with Crippen molar-refractivity contribution < 1.29 is 9.53 Å². The van der Waals surface area contributed by atoms with Gasteiger partial charge in [-0.25, -0.2) is 0 Å². The van der Waals surface area contributed by atoms with E-state index in [1.165, 1.54) is 50.5 Å². The number of para-hydroxylation sites is 1. The number of hydrogen-bond acceptors (Lipinski definition) is 3. The van der Waals surface area contributed by atoms with Crippen LogP contribution in [0.2, 0.25) is 0 Å². The third-order valence-corrected chi connectivity index (χ3v) is 6.20. The quantitative estimate of drug-likeness (QED) is 0.894. The molecule has 1 amide bonds. The van der Waals surface area contributed by atoms with Crippen molar-refractivity contribution in [3.8, 4) is 5.75 Å². The van der Waals surface area contributed by atoms with Gasteiger partial charge in [0.1, 0.15) is 11.9 Å². The monoisotopic (exact) mass is 342 g/mol. The van der Waals surface area contributed by atoms with Crippen LogP contribution in [-0.2, 0) is 11.2 Å². The predicted octanol–water partition coefficient (Wildman–Crippen LogP) is 3.15. The SMILES string of the molecule is O=C(CN1CCC[C@H]1C1CCCCC1)NC[C@@H]1Cc2ccccc2O1. The molecule has 1 aromatic carbocycles. The van der Waals surface area contributed by atoms with Gasteiger partial charge in [-0.15, -0.1) is 0 Å². The lowest BCUT2D eigenvalue weighted by molar-refractivity contribution is -0.123. The van der Waals surface area contributed by atoms with E-state index in [0.717, 1.165) is 24.6 Å². The van der Waals surface area contributed by atoms with E-state index >= 15 is 0 Å². The number of nitrogens with zero attached hydrogens (tertiary/aromatic N) is 1. The second-order valence-electron chi connectivity index (χ2n) is 7.93. The van der Waals surface area contributed by atoms with Crippen LogP contribution >= 0.6 is 0 Å². The van der Waals surface area contributed by atoms with Crippen molar-refractivity contribution in [3.05, 3.63) is 29.8 Å². The Morgan fingerprint density at radius 3 is 2.80 bits per heavy atom. The van der Waals surface area contributed by atoms with Crippen molar-refractivity contribution in [3.63, 3.8) is 0 Å². The van der Waals surface area contributed by atoms with E-state index in [9.17, 15) is 4.79 Å². The molecule has 0 aromatic heterocycles. The summed E-state index contributed by atoms with van der Waals surface area (Å²) < 4.78 is 5.92. The van der Waals surface area contributed by atoms with Crippen molar-refractivity contribution in [2.75, 3.05) is 19.6 Å². The molecule has 2 atom stereocenters. The Kier molecular flexibility index (Phi) is 5.25. The van der Waals surface area contributed by atoms with E-state index in [-0.39, 0.29) is 12.0 Å². The molecule has 2 heterocycles.